The zero-order chi connectivity index (χ0) is 19.0. The fourth-order valence-corrected chi connectivity index (χ4v) is 3.46. The third-order valence-electron chi connectivity index (χ3n) is 5.09. The molecule has 1 fully saturated rings. The number of hydrogen-bond acceptors (Lipinski definition) is 5. The Hall–Kier alpha value is -0.460. The van der Waals surface area contributed by atoms with E-state index in [1.54, 1.807) is 0 Å². The molecule has 3 N–H and O–H groups in total. The summed E-state index contributed by atoms with van der Waals surface area (Å²) in [6, 6.07) is 0. The maximum Gasteiger partial charge on any atom is 0.114 e. The molecule has 5 heteroatoms. The van der Waals surface area contributed by atoms with E-state index in [4.69, 9.17) is 14.6 Å². The standard InChI is InChI=1S/C21H40O5/c1-2-3-4-5-6-7-8-9-10-11-12-13-14-15-25-21-19(24)17-26-20(21)18(23)16-22/h2,18-24H,1,3-17H2/t18-,19+,20+,21+/m0/s1. The van der Waals surface area contributed by atoms with Crippen molar-refractivity contribution in [3.8, 4) is 0 Å². The third kappa shape index (κ3) is 10.0. The fraction of sp³-hybridized carbons (Fsp3) is 0.905. The van der Waals surface area contributed by atoms with Crippen molar-refractivity contribution >= 4 is 0 Å². The van der Waals surface area contributed by atoms with Crippen molar-refractivity contribution in [2.24, 2.45) is 0 Å². The van der Waals surface area contributed by atoms with Gasteiger partial charge in [-0.2, -0.15) is 0 Å². The minimum atomic E-state index is -1.00. The van der Waals surface area contributed by atoms with Gasteiger partial charge in [-0.05, 0) is 19.3 Å². The first-order valence-corrected chi connectivity index (χ1v) is 10.5. The fourth-order valence-electron chi connectivity index (χ4n) is 3.46. The topological polar surface area (TPSA) is 79.2 Å². The molecule has 1 saturated heterocycles. The number of ether oxygens (including phenoxy) is 2. The van der Waals surface area contributed by atoms with Crippen LogP contribution in [0.15, 0.2) is 12.7 Å². The van der Waals surface area contributed by atoms with Crippen molar-refractivity contribution < 1.29 is 24.8 Å². The van der Waals surface area contributed by atoms with Gasteiger partial charge in [0.1, 0.15) is 24.4 Å². The van der Waals surface area contributed by atoms with Crippen molar-refractivity contribution in [3.05, 3.63) is 12.7 Å². The van der Waals surface area contributed by atoms with Gasteiger partial charge in [-0.15, -0.1) is 6.58 Å². The Bertz CT molecular complexity index is 336. The molecule has 0 aromatic rings. The van der Waals surface area contributed by atoms with Crippen LogP contribution in [0.3, 0.4) is 0 Å². The highest BCUT2D eigenvalue weighted by Gasteiger charge is 2.40. The van der Waals surface area contributed by atoms with Crippen LogP contribution in [0, 0.1) is 0 Å². The highest BCUT2D eigenvalue weighted by molar-refractivity contribution is 4.89. The van der Waals surface area contributed by atoms with Crippen molar-refractivity contribution in [1.82, 2.24) is 0 Å². The predicted molar refractivity (Wildman–Crippen MR) is 104 cm³/mol. The quantitative estimate of drug-likeness (QED) is 0.269. The molecular weight excluding hydrogens is 332 g/mol. The molecule has 0 spiro atoms. The van der Waals surface area contributed by atoms with Crippen LogP contribution in [0.25, 0.3) is 0 Å². The highest BCUT2D eigenvalue weighted by atomic mass is 16.6. The summed E-state index contributed by atoms with van der Waals surface area (Å²) in [4.78, 5) is 0. The van der Waals surface area contributed by atoms with E-state index in [-0.39, 0.29) is 13.2 Å². The van der Waals surface area contributed by atoms with Crippen LogP contribution in [0.5, 0.6) is 0 Å². The van der Waals surface area contributed by atoms with Crippen molar-refractivity contribution in [2.75, 3.05) is 19.8 Å². The molecule has 26 heavy (non-hydrogen) atoms. The average molecular weight is 373 g/mol. The van der Waals surface area contributed by atoms with Gasteiger partial charge < -0.3 is 24.8 Å². The van der Waals surface area contributed by atoms with E-state index in [1.165, 1.54) is 57.8 Å². The van der Waals surface area contributed by atoms with Crippen LogP contribution < -0.4 is 0 Å². The van der Waals surface area contributed by atoms with E-state index in [0.29, 0.717) is 6.61 Å². The minimum absolute atomic E-state index is 0.153. The second kappa shape index (κ2) is 15.6. The molecule has 1 rings (SSSR count). The molecule has 0 saturated carbocycles. The molecule has 5 nitrogen and oxygen atoms in total. The van der Waals surface area contributed by atoms with Gasteiger partial charge in [0.2, 0.25) is 0 Å². The Morgan fingerprint density at radius 1 is 0.962 bits per heavy atom. The van der Waals surface area contributed by atoms with E-state index in [0.717, 1.165) is 19.3 Å². The second-order valence-corrected chi connectivity index (χ2v) is 7.42. The summed E-state index contributed by atoms with van der Waals surface area (Å²) in [7, 11) is 0. The first-order valence-electron chi connectivity index (χ1n) is 10.5. The largest absolute Gasteiger partial charge is 0.394 e. The summed E-state index contributed by atoms with van der Waals surface area (Å²) >= 11 is 0. The molecule has 1 heterocycles. The lowest BCUT2D eigenvalue weighted by Gasteiger charge is -2.23. The Labute approximate surface area is 159 Å². The van der Waals surface area contributed by atoms with Gasteiger partial charge in [0, 0.05) is 6.61 Å². The molecular formula is C21H40O5. The lowest BCUT2D eigenvalue weighted by molar-refractivity contribution is -0.0938. The Balaban J connectivity index is 1.89. The lowest BCUT2D eigenvalue weighted by Crippen LogP contribution is -2.42. The highest BCUT2D eigenvalue weighted by Crippen LogP contribution is 2.21. The van der Waals surface area contributed by atoms with Gasteiger partial charge in [-0.1, -0.05) is 63.9 Å². The number of allylic oxidation sites excluding steroid dienone is 1. The maximum atomic E-state index is 9.86. The summed E-state index contributed by atoms with van der Waals surface area (Å²) in [5.74, 6) is 0. The van der Waals surface area contributed by atoms with Gasteiger partial charge in [0.15, 0.2) is 0 Å². The smallest absolute Gasteiger partial charge is 0.114 e. The van der Waals surface area contributed by atoms with Crippen molar-refractivity contribution in [3.63, 3.8) is 0 Å². The SMILES string of the molecule is C=CCCCCCCCCCCCCCO[C@H]1[C@@H]([C@@H](O)CO)OC[C@H]1O. The number of rotatable bonds is 17. The summed E-state index contributed by atoms with van der Waals surface area (Å²) in [6.07, 6.45) is 14.2. The summed E-state index contributed by atoms with van der Waals surface area (Å²) in [5, 5.41) is 28.6. The zero-order valence-electron chi connectivity index (χ0n) is 16.4. The maximum absolute atomic E-state index is 9.86. The van der Waals surface area contributed by atoms with Gasteiger partial charge in [-0.3, -0.25) is 0 Å². The van der Waals surface area contributed by atoms with Gasteiger partial charge in [-0.25, -0.2) is 0 Å². The molecule has 0 radical (unpaired) electrons. The van der Waals surface area contributed by atoms with Crippen LogP contribution >= 0.6 is 0 Å². The van der Waals surface area contributed by atoms with Gasteiger partial charge >= 0.3 is 0 Å². The number of hydrogen-bond donors (Lipinski definition) is 3. The van der Waals surface area contributed by atoms with E-state index in [1.807, 2.05) is 6.08 Å². The summed E-state index contributed by atoms with van der Waals surface area (Å²) < 4.78 is 11.0. The molecule has 1 aliphatic rings. The lowest BCUT2D eigenvalue weighted by atomic mass is 10.0. The normalized spacial score (nSPS) is 24.0. The Morgan fingerprint density at radius 2 is 1.50 bits per heavy atom. The number of unbranched alkanes of at least 4 members (excludes halogenated alkanes) is 11. The van der Waals surface area contributed by atoms with Crippen LogP contribution in [0.1, 0.15) is 77.0 Å². The van der Waals surface area contributed by atoms with Crippen LogP contribution in [0.2, 0.25) is 0 Å². The second-order valence-electron chi connectivity index (χ2n) is 7.42. The molecule has 0 bridgehead atoms. The molecule has 1 aliphatic heterocycles. The zero-order valence-corrected chi connectivity index (χ0v) is 16.4. The summed E-state index contributed by atoms with van der Waals surface area (Å²) in [6.45, 7) is 4.08. The average Bonchev–Trinajstić information content (AvgIpc) is 3.02. The molecule has 4 atom stereocenters. The van der Waals surface area contributed by atoms with Gasteiger partial charge in [0.25, 0.3) is 0 Å². The van der Waals surface area contributed by atoms with E-state index in [9.17, 15) is 10.2 Å². The van der Waals surface area contributed by atoms with E-state index >= 15 is 0 Å². The molecule has 0 aromatic heterocycles. The molecule has 0 amide bonds. The molecule has 154 valence electrons. The van der Waals surface area contributed by atoms with Crippen LogP contribution in [-0.2, 0) is 9.47 Å². The molecule has 0 aliphatic carbocycles. The summed E-state index contributed by atoms with van der Waals surface area (Å²) in [5.41, 5.74) is 0. The van der Waals surface area contributed by atoms with Crippen LogP contribution in [0.4, 0.5) is 0 Å². The van der Waals surface area contributed by atoms with Crippen LogP contribution in [-0.4, -0.2) is 59.6 Å². The molecule has 0 unspecified atom stereocenters. The number of aliphatic hydroxyl groups is 3. The van der Waals surface area contributed by atoms with Crippen molar-refractivity contribution in [1.29, 1.82) is 0 Å². The minimum Gasteiger partial charge on any atom is -0.394 e. The predicted octanol–water partition coefficient (Wildman–Crippen LogP) is 3.35. The van der Waals surface area contributed by atoms with E-state index < -0.39 is 24.4 Å². The first kappa shape index (κ1) is 23.6. The number of aliphatic hydroxyl groups excluding tert-OH is 3. The van der Waals surface area contributed by atoms with E-state index in [2.05, 4.69) is 6.58 Å². The third-order valence-corrected chi connectivity index (χ3v) is 5.09. The monoisotopic (exact) mass is 372 g/mol. The first-order chi connectivity index (χ1) is 12.7. The van der Waals surface area contributed by atoms with Gasteiger partial charge in [0.05, 0.1) is 13.2 Å². The Morgan fingerprint density at radius 3 is 2.04 bits per heavy atom. The Kier molecular flexibility index (Phi) is 14.1. The van der Waals surface area contributed by atoms with Crippen molar-refractivity contribution in [2.45, 2.75) is 101 Å². The molecule has 0 aromatic carbocycles.